The number of hydrogen-bond acceptors (Lipinski definition) is 3. The second-order valence-electron chi connectivity index (χ2n) is 8.37. The van der Waals surface area contributed by atoms with Crippen LogP contribution in [-0.2, 0) is 19.6 Å². The summed E-state index contributed by atoms with van der Waals surface area (Å²) in [6.07, 6.45) is 0. The number of aromatic nitrogens is 4. The Hall–Kier alpha value is -3.38. The fraction of sp³-hybridized carbons (Fsp3) is 0.269. The minimum atomic E-state index is -0.234. The molecule has 1 amide bonds. The summed E-state index contributed by atoms with van der Waals surface area (Å²) in [6, 6.07) is 18.4. The second-order valence-corrected chi connectivity index (χ2v) is 8.73. The highest BCUT2D eigenvalue weighted by molar-refractivity contribution is 6.33. The molecule has 6 nitrogen and oxygen atoms in total. The Labute approximate surface area is 199 Å². The standard InChI is InChI=1S/C26H28ClN5O/c1-17-10-12-22(13-11-17)16-32-25(27)24(19(3)30-32)26(33)28-14-23-18(2)29-31(20(23)4)15-21-8-6-5-7-9-21/h5-13H,14-16H2,1-4H3,(H,28,33). The molecule has 2 aromatic carbocycles. The van der Waals surface area contributed by atoms with Crippen LogP contribution in [0.4, 0.5) is 0 Å². The molecule has 2 aromatic heterocycles. The summed E-state index contributed by atoms with van der Waals surface area (Å²) in [5.74, 6) is -0.234. The Kier molecular flexibility index (Phi) is 6.65. The number of halogens is 1. The summed E-state index contributed by atoms with van der Waals surface area (Å²) >= 11 is 6.57. The van der Waals surface area contributed by atoms with Crippen LogP contribution in [0.3, 0.4) is 0 Å². The second kappa shape index (κ2) is 9.63. The molecule has 0 radical (unpaired) electrons. The molecular weight excluding hydrogens is 434 g/mol. The van der Waals surface area contributed by atoms with Crippen molar-refractivity contribution in [2.45, 2.75) is 47.3 Å². The van der Waals surface area contributed by atoms with Gasteiger partial charge in [0.1, 0.15) is 5.15 Å². The van der Waals surface area contributed by atoms with Crippen molar-refractivity contribution in [3.63, 3.8) is 0 Å². The Balaban J connectivity index is 1.47. The highest BCUT2D eigenvalue weighted by atomic mass is 35.5. The third kappa shape index (κ3) is 5.01. The smallest absolute Gasteiger partial charge is 0.256 e. The highest BCUT2D eigenvalue weighted by Crippen LogP contribution is 2.22. The van der Waals surface area contributed by atoms with Crippen molar-refractivity contribution < 1.29 is 4.79 Å². The molecule has 0 spiro atoms. The molecule has 4 rings (SSSR count). The first-order valence-corrected chi connectivity index (χ1v) is 11.3. The van der Waals surface area contributed by atoms with Crippen molar-refractivity contribution in [3.05, 3.63) is 105 Å². The van der Waals surface area contributed by atoms with Crippen molar-refractivity contribution in [2.75, 3.05) is 0 Å². The van der Waals surface area contributed by atoms with Gasteiger partial charge < -0.3 is 5.32 Å². The van der Waals surface area contributed by atoms with E-state index in [9.17, 15) is 4.79 Å². The molecule has 0 aliphatic carbocycles. The average Bonchev–Trinajstić information content (AvgIpc) is 3.22. The summed E-state index contributed by atoms with van der Waals surface area (Å²) in [7, 11) is 0. The van der Waals surface area contributed by atoms with Crippen LogP contribution in [0, 0.1) is 27.7 Å². The van der Waals surface area contributed by atoms with Gasteiger partial charge in [-0.25, -0.2) is 4.68 Å². The maximum Gasteiger partial charge on any atom is 0.256 e. The monoisotopic (exact) mass is 461 g/mol. The van der Waals surface area contributed by atoms with Crippen molar-refractivity contribution >= 4 is 17.5 Å². The number of nitrogens with one attached hydrogen (secondary N) is 1. The summed E-state index contributed by atoms with van der Waals surface area (Å²) in [5, 5.41) is 12.5. The lowest BCUT2D eigenvalue weighted by atomic mass is 10.1. The molecule has 1 N–H and O–H groups in total. The van der Waals surface area contributed by atoms with Crippen LogP contribution < -0.4 is 5.32 Å². The molecule has 4 aromatic rings. The molecular formula is C26H28ClN5O. The van der Waals surface area contributed by atoms with Crippen LogP contribution in [0.15, 0.2) is 54.6 Å². The number of carbonyl (C=O) groups is 1. The SMILES string of the molecule is Cc1ccc(Cn2nc(C)c(C(=O)NCc3c(C)nn(Cc4ccccc4)c3C)c2Cl)cc1. The third-order valence-electron chi connectivity index (χ3n) is 5.88. The van der Waals surface area contributed by atoms with Gasteiger partial charge in [0, 0.05) is 17.8 Å². The zero-order valence-corrected chi connectivity index (χ0v) is 20.1. The van der Waals surface area contributed by atoms with Crippen LogP contribution in [0.25, 0.3) is 0 Å². The van der Waals surface area contributed by atoms with Crippen molar-refractivity contribution in [2.24, 2.45) is 0 Å². The molecule has 0 fully saturated rings. The summed E-state index contributed by atoms with van der Waals surface area (Å²) < 4.78 is 3.65. The molecule has 33 heavy (non-hydrogen) atoms. The maximum atomic E-state index is 13.0. The molecule has 0 atom stereocenters. The summed E-state index contributed by atoms with van der Waals surface area (Å²) in [5.41, 5.74) is 7.43. The first kappa shape index (κ1) is 22.8. The number of nitrogens with zero attached hydrogens (tertiary/aromatic N) is 4. The molecule has 0 unspecified atom stereocenters. The van der Waals surface area contributed by atoms with Crippen LogP contribution >= 0.6 is 11.6 Å². The number of aryl methyl sites for hydroxylation is 3. The summed E-state index contributed by atoms with van der Waals surface area (Å²) in [4.78, 5) is 13.0. The van der Waals surface area contributed by atoms with Gasteiger partial charge in [-0.05, 0) is 38.8 Å². The lowest BCUT2D eigenvalue weighted by Gasteiger charge is -2.08. The number of benzene rings is 2. The van der Waals surface area contributed by atoms with Crippen molar-refractivity contribution in [3.8, 4) is 0 Å². The minimum absolute atomic E-state index is 0.234. The molecule has 0 aliphatic heterocycles. The third-order valence-corrected chi connectivity index (χ3v) is 6.26. The van der Waals surface area contributed by atoms with E-state index in [-0.39, 0.29) is 5.91 Å². The van der Waals surface area contributed by atoms with Gasteiger partial charge in [0.15, 0.2) is 0 Å². The van der Waals surface area contributed by atoms with E-state index in [2.05, 4.69) is 39.8 Å². The van der Waals surface area contributed by atoms with E-state index in [0.29, 0.717) is 36.0 Å². The molecule has 170 valence electrons. The van der Waals surface area contributed by atoms with Gasteiger partial charge in [-0.2, -0.15) is 10.2 Å². The zero-order chi connectivity index (χ0) is 23.5. The van der Waals surface area contributed by atoms with Gasteiger partial charge in [0.05, 0.1) is 30.0 Å². The largest absolute Gasteiger partial charge is 0.348 e. The topological polar surface area (TPSA) is 64.7 Å². The van der Waals surface area contributed by atoms with Gasteiger partial charge in [0.25, 0.3) is 5.91 Å². The predicted octanol–water partition coefficient (Wildman–Crippen LogP) is 4.99. The van der Waals surface area contributed by atoms with Gasteiger partial charge in [-0.1, -0.05) is 71.8 Å². The number of carbonyl (C=O) groups excluding carboxylic acids is 1. The highest BCUT2D eigenvalue weighted by Gasteiger charge is 2.21. The van der Waals surface area contributed by atoms with Crippen LogP contribution in [0.2, 0.25) is 5.15 Å². The van der Waals surface area contributed by atoms with E-state index in [4.69, 9.17) is 11.6 Å². The Bertz CT molecular complexity index is 1270. The zero-order valence-electron chi connectivity index (χ0n) is 19.4. The molecule has 2 heterocycles. The Morgan fingerprint density at radius 2 is 1.45 bits per heavy atom. The van der Waals surface area contributed by atoms with Gasteiger partial charge in [-0.15, -0.1) is 0 Å². The molecule has 0 bridgehead atoms. The number of rotatable bonds is 7. The van der Waals surface area contributed by atoms with Gasteiger partial charge in [-0.3, -0.25) is 9.48 Å². The van der Waals surface area contributed by atoms with E-state index in [1.165, 1.54) is 11.1 Å². The fourth-order valence-electron chi connectivity index (χ4n) is 3.94. The van der Waals surface area contributed by atoms with E-state index >= 15 is 0 Å². The normalized spacial score (nSPS) is 11.1. The van der Waals surface area contributed by atoms with E-state index < -0.39 is 0 Å². The van der Waals surface area contributed by atoms with Gasteiger partial charge >= 0.3 is 0 Å². The first-order valence-electron chi connectivity index (χ1n) is 11.0. The maximum absolute atomic E-state index is 13.0. The van der Waals surface area contributed by atoms with E-state index in [0.717, 1.165) is 22.5 Å². The quantitative estimate of drug-likeness (QED) is 0.421. The van der Waals surface area contributed by atoms with Gasteiger partial charge in [0.2, 0.25) is 0 Å². The Morgan fingerprint density at radius 3 is 2.15 bits per heavy atom. The van der Waals surface area contributed by atoms with Crippen molar-refractivity contribution in [1.82, 2.24) is 24.9 Å². The minimum Gasteiger partial charge on any atom is -0.348 e. The molecule has 0 saturated carbocycles. The molecule has 0 saturated heterocycles. The van der Waals surface area contributed by atoms with Crippen LogP contribution in [-0.4, -0.2) is 25.5 Å². The molecule has 0 aliphatic rings. The van der Waals surface area contributed by atoms with Crippen LogP contribution in [0.5, 0.6) is 0 Å². The molecule has 7 heteroatoms. The lowest BCUT2D eigenvalue weighted by molar-refractivity contribution is 0.0950. The van der Waals surface area contributed by atoms with Crippen molar-refractivity contribution in [1.29, 1.82) is 0 Å². The Morgan fingerprint density at radius 1 is 0.848 bits per heavy atom. The average molecular weight is 462 g/mol. The predicted molar refractivity (Wildman–Crippen MR) is 131 cm³/mol. The summed E-state index contributed by atoms with van der Waals surface area (Å²) in [6.45, 7) is 9.43. The number of hydrogen-bond donors (Lipinski definition) is 1. The fourth-order valence-corrected chi connectivity index (χ4v) is 4.26. The first-order chi connectivity index (χ1) is 15.8. The lowest BCUT2D eigenvalue weighted by Crippen LogP contribution is -2.24. The number of amides is 1. The van der Waals surface area contributed by atoms with Crippen LogP contribution in [0.1, 0.15) is 49.7 Å². The van der Waals surface area contributed by atoms with E-state index in [1.807, 2.05) is 55.8 Å². The van der Waals surface area contributed by atoms with E-state index in [1.54, 1.807) is 11.6 Å².